The van der Waals surface area contributed by atoms with E-state index < -0.39 is 0 Å². The molecule has 8 heteroatoms. The molecule has 0 aliphatic heterocycles. The molecule has 2 aromatic carbocycles. The number of para-hydroxylation sites is 1. The van der Waals surface area contributed by atoms with Crippen LogP contribution >= 0.6 is 0 Å². The molecular weight excluding hydrogens is 444 g/mol. The molecule has 0 aliphatic rings. The number of fused-ring (bicyclic) bond motifs is 1. The van der Waals surface area contributed by atoms with Crippen LogP contribution in [0.15, 0.2) is 59.4 Å². The predicted octanol–water partition coefficient (Wildman–Crippen LogP) is 3.76. The monoisotopic (exact) mass is 474 g/mol. The highest BCUT2D eigenvalue weighted by Gasteiger charge is 2.18. The molecule has 0 saturated carbocycles. The number of amides is 1. The van der Waals surface area contributed by atoms with Crippen molar-refractivity contribution in [1.82, 2.24) is 19.5 Å². The molecule has 0 saturated heterocycles. The normalized spacial score (nSPS) is 11.0. The van der Waals surface area contributed by atoms with Gasteiger partial charge in [-0.25, -0.2) is 0 Å². The first-order valence-electron chi connectivity index (χ1n) is 11.6. The third kappa shape index (κ3) is 4.91. The number of carbonyl (C=O) groups is 1. The number of nitrogens with one attached hydrogen (secondary N) is 1. The fourth-order valence-corrected chi connectivity index (χ4v) is 4.28. The van der Waals surface area contributed by atoms with E-state index in [0.717, 1.165) is 22.6 Å². The maximum Gasteiger partial charge on any atom is 0.277 e. The maximum atomic E-state index is 13.4. The highest BCUT2D eigenvalue weighted by molar-refractivity contribution is 5.76. The van der Waals surface area contributed by atoms with Crippen LogP contribution in [0.3, 0.4) is 0 Å². The van der Waals surface area contributed by atoms with Gasteiger partial charge in [0.05, 0.1) is 19.9 Å². The number of benzene rings is 2. The van der Waals surface area contributed by atoms with E-state index in [2.05, 4.69) is 15.0 Å². The molecule has 0 fully saturated rings. The van der Waals surface area contributed by atoms with E-state index >= 15 is 0 Å². The van der Waals surface area contributed by atoms with Crippen molar-refractivity contribution in [3.05, 3.63) is 81.8 Å². The molecule has 0 unspecified atom stereocenters. The van der Waals surface area contributed by atoms with Crippen LogP contribution in [-0.2, 0) is 24.3 Å². The number of methoxy groups -OCH3 is 2. The first-order chi connectivity index (χ1) is 17.0. The van der Waals surface area contributed by atoms with Crippen molar-refractivity contribution in [3.8, 4) is 22.8 Å². The van der Waals surface area contributed by atoms with Gasteiger partial charge in [-0.2, -0.15) is 9.61 Å². The number of rotatable bonds is 9. The minimum absolute atomic E-state index is 0.113. The van der Waals surface area contributed by atoms with Crippen LogP contribution in [0.2, 0.25) is 0 Å². The molecule has 2 aromatic heterocycles. The summed E-state index contributed by atoms with van der Waals surface area (Å²) in [5.74, 6) is 1.35. The quantitative estimate of drug-likeness (QED) is 0.399. The van der Waals surface area contributed by atoms with Crippen LogP contribution in [0.1, 0.15) is 30.2 Å². The minimum atomic E-state index is -0.202. The van der Waals surface area contributed by atoms with E-state index in [9.17, 15) is 9.59 Å². The molecule has 0 spiro atoms. The van der Waals surface area contributed by atoms with Gasteiger partial charge in [0, 0.05) is 42.4 Å². The number of hydrogen-bond donors (Lipinski definition) is 1. The lowest BCUT2D eigenvalue weighted by Gasteiger charge is -2.14. The second-order valence-electron chi connectivity index (χ2n) is 8.24. The number of hydrogen-bond acceptors (Lipinski definition) is 5. The average molecular weight is 475 g/mol. The van der Waals surface area contributed by atoms with E-state index in [0.29, 0.717) is 42.2 Å². The third-order valence-electron chi connectivity index (χ3n) is 6.21. The largest absolute Gasteiger partial charge is 0.497 e. The Balaban J connectivity index is 1.56. The van der Waals surface area contributed by atoms with Crippen LogP contribution in [0, 0.1) is 6.92 Å². The van der Waals surface area contributed by atoms with Gasteiger partial charge >= 0.3 is 0 Å². The Morgan fingerprint density at radius 2 is 1.80 bits per heavy atom. The smallest absolute Gasteiger partial charge is 0.277 e. The lowest BCUT2D eigenvalue weighted by Crippen LogP contribution is -2.28. The topological polar surface area (TPSA) is 86.9 Å². The summed E-state index contributed by atoms with van der Waals surface area (Å²) in [6, 6.07) is 17.0. The molecule has 182 valence electrons. The molecule has 4 rings (SSSR count). The summed E-state index contributed by atoms with van der Waals surface area (Å²) in [7, 11) is 3.23. The summed E-state index contributed by atoms with van der Waals surface area (Å²) in [5, 5.41) is 7.54. The summed E-state index contributed by atoms with van der Waals surface area (Å²) < 4.78 is 14.1. The highest BCUT2D eigenvalue weighted by Crippen LogP contribution is 2.29. The maximum absolute atomic E-state index is 13.4. The second-order valence-corrected chi connectivity index (χ2v) is 8.24. The van der Waals surface area contributed by atoms with Crippen molar-refractivity contribution in [1.29, 1.82) is 0 Å². The molecule has 2 heterocycles. The Morgan fingerprint density at radius 3 is 2.49 bits per heavy atom. The Bertz CT molecular complexity index is 1400. The lowest BCUT2D eigenvalue weighted by molar-refractivity contribution is -0.121. The summed E-state index contributed by atoms with van der Waals surface area (Å²) in [4.78, 5) is 25.9. The summed E-state index contributed by atoms with van der Waals surface area (Å²) >= 11 is 0. The van der Waals surface area contributed by atoms with Crippen molar-refractivity contribution >= 4 is 11.6 Å². The Hall–Kier alpha value is -4.07. The van der Waals surface area contributed by atoms with Crippen LogP contribution in [0.5, 0.6) is 11.5 Å². The Morgan fingerprint density at radius 1 is 1.06 bits per heavy atom. The molecule has 0 atom stereocenters. The van der Waals surface area contributed by atoms with Gasteiger partial charge < -0.3 is 19.4 Å². The molecule has 0 aliphatic carbocycles. The number of carbonyl (C=O) groups excluding carboxylic acids is 1. The molecule has 1 N–H and O–H groups in total. The molecule has 4 aromatic rings. The molecule has 0 bridgehead atoms. The summed E-state index contributed by atoms with van der Waals surface area (Å²) in [5.41, 5.74) is 4.40. The standard InChI is InChI=1S/C27H30N4O4/c1-5-30-18(2)21(14-15-25(32)28-17-19-10-12-20(34-3)13-11-19)27(33)31-26(30)16-23(29-31)22-8-6-7-9-24(22)35-4/h6-13,16H,5,14-15,17H2,1-4H3,(H,28,32). The van der Waals surface area contributed by atoms with Crippen molar-refractivity contribution in [3.63, 3.8) is 0 Å². The first-order valence-corrected chi connectivity index (χ1v) is 11.6. The fourth-order valence-electron chi connectivity index (χ4n) is 4.28. The second kappa shape index (κ2) is 10.5. The summed E-state index contributed by atoms with van der Waals surface area (Å²) in [6.45, 7) is 5.04. The molecule has 0 radical (unpaired) electrons. The predicted molar refractivity (Wildman–Crippen MR) is 135 cm³/mol. The Labute approximate surface area is 204 Å². The number of ether oxygens (including phenoxy) is 2. The SMILES string of the molecule is CCn1c(C)c(CCC(=O)NCc2ccc(OC)cc2)c(=O)n2nc(-c3ccccc3OC)cc12. The fraction of sp³-hybridized carbons (Fsp3) is 0.296. The van der Waals surface area contributed by atoms with Gasteiger partial charge in [0.15, 0.2) is 0 Å². The average Bonchev–Trinajstić information content (AvgIpc) is 3.33. The van der Waals surface area contributed by atoms with Crippen molar-refractivity contribution in [2.45, 2.75) is 39.8 Å². The van der Waals surface area contributed by atoms with E-state index in [-0.39, 0.29) is 17.9 Å². The minimum Gasteiger partial charge on any atom is -0.497 e. The number of aromatic nitrogens is 3. The van der Waals surface area contributed by atoms with Crippen LogP contribution in [0.25, 0.3) is 16.9 Å². The van der Waals surface area contributed by atoms with Gasteiger partial charge in [-0.15, -0.1) is 0 Å². The number of aryl methyl sites for hydroxylation is 1. The number of nitrogens with zero attached hydrogens (tertiary/aromatic N) is 3. The van der Waals surface area contributed by atoms with Gasteiger partial charge in [-0.1, -0.05) is 24.3 Å². The molecule has 8 nitrogen and oxygen atoms in total. The Kier molecular flexibility index (Phi) is 7.19. The molecular formula is C27H30N4O4. The van der Waals surface area contributed by atoms with Crippen LogP contribution < -0.4 is 20.3 Å². The van der Waals surface area contributed by atoms with Crippen molar-refractivity contribution in [2.24, 2.45) is 0 Å². The van der Waals surface area contributed by atoms with Gasteiger partial charge in [0.2, 0.25) is 5.91 Å². The first kappa shape index (κ1) is 24.1. The zero-order chi connectivity index (χ0) is 24.9. The zero-order valence-electron chi connectivity index (χ0n) is 20.5. The van der Waals surface area contributed by atoms with Crippen molar-refractivity contribution in [2.75, 3.05) is 14.2 Å². The van der Waals surface area contributed by atoms with Gasteiger partial charge in [0.25, 0.3) is 5.56 Å². The van der Waals surface area contributed by atoms with Crippen LogP contribution in [0.4, 0.5) is 0 Å². The van der Waals surface area contributed by atoms with E-state index in [1.54, 1.807) is 14.2 Å². The van der Waals surface area contributed by atoms with E-state index in [4.69, 9.17) is 9.47 Å². The van der Waals surface area contributed by atoms with Gasteiger partial charge in [-0.05, 0) is 50.1 Å². The van der Waals surface area contributed by atoms with Crippen LogP contribution in [-0.4, -0.2) is 34.3 Å². The zero-order valence-corrected chi connectivity index (χ0v) is 20.5. The lowest BCUT2D eigenvalue weighted by atomic mass is 10.1. The van der Waals surface area contributed by atoms with Gasteiger partial charge in [-0.3, -0.25) is 9.59 Å². The molecule has 1 amide bonds. The van der Waals surface area contributed by atoms with Crippen molar-refractivity contribution < 1.29 is 14.3 Å². The summed E-state index contributed by atoms with van der Waals surface area (Å²) in [6.07, 6.45) is 0.543. The van der Waals surface area contributed by atoms with Gasteiger partial charge in [0.1, 0.15) is 17.1 Å². The van der Waals surface area contributed by atoms with E-state index in [1.165, 1.54) is 4.52 Å². The highest BCUT2D eigenvalue weighted by atomic mass is 16.5. The third-order valence-corrected chi connectivity index (χ3v) is 6.21. The molecule has 35 heavy (non-hydrogen) atoms. The van der Waals surface area contributed by atoms with E-state index in [1.807, 2.05) is 68.4 Å².